The number of unbranched alkanes of at least 4 members (excludes halogenated alkanes) is 2. The highest BCUT2D eigenvalue weighted by molar-refractivity contribution is 5.90. The lowest BCUT2D eigenvalue weighted by Gasteiger charge is -2.28. The van der Waals surface area contributed by atoms with E-state index in [0.717, 1.165) is 44.1 Å². The van der Waals surface area contributed by atoms with E-state index in [1.54, 1.807) is 0 Å². The first kappa shape index (κ1) is 22.8. The largest absolute Gasteiger partial charge is 0.481 e. The van der Waals surface area contributed by atoms with Crippen molar-refractivity contribution < 1.29 is 24.2 Å². The summed E-state index contributed by atoms with van der Waals surface area (Å²) in [5.41, 5.74) is 2.25. The Hall–Kier alpha value is -2.41. The van der Waals surface area contributed by atoms with Gasteiger partial charge in [0.1, 0.15) is 6.61 Å². The van der Waals surface area contributed by atoms with Crippen LogP contribution in [0.3, 0.4) is 0 Å². The smallest absolute Gasteiger partial charge is 0.303 e. The molecule has 3 heterocycles. The second kappa shape index (κ2) is 10.5. The van der Waals surface area contributed by atoms with Gasteiger partial charge in [0.15, 0.2) is 11.9 Å². The Labute approximate surface area is 189 Å². The summed E-state index contributed by atoms with van der Waals surface area (Å²) in [7, 11) is 0. The fourth-order valence-corrected chi connectivity index (χ4v) is 5.29. The predicted molar refractivity (Wildman–Crippen MR) is 121 cm³/mol. The lowest BCUT2D eigenvalue weighted by molar-refractivity contribution is -0.137. The van der Waals surface area contributed by atoms with Crippen LogP contribution in [0.2, 0.25) is 0 Å². The molecule has 0 aromatic heterocycles. The molecule has 2 fully saturated rings. The summed E-state index contributed by atoms with van der Waals surface area (Å²) in [6.07, 6.45) is 6.92. The molecule has 0 aliphatic carbocycles. The molecular weight excluding hydrogens is 408 g/mol. The third kappa shape index (κ3) is 5.14. The average Bonchev–Trinajstić information content (AvgIpc) is 3.52. The molecule has 2 saturated heterocycles. The number of hydrogen-bond acceptors (Lipinski definition) is 5. The molecular formula is C25H34N2O5. The van der Waals surface area contributed by atoms with Crippen LogP contribution < -0.4 is 5.32 Å². The van der Waals surface area contributed by atoms with Crippen LogP contribution >= 0.6 is 0 Å². The van der Waals surface area contributed by atoms with Crippen molar-refractivity contribution >= 4 is 17.8 Å². The van der Waals surface area contributed by atoms with E-state index in [1.165, 1.54) is 5.56 Å². The van der Waals surface area contributed by atoms with Crippen LogP contribution in [0.25, 0.3) is 0 Å². The fraction of sp³-hybridized carbons (Fsp3) is 0.640. The summed E-state index contributed by atoms with van der Waals surface area (Å²) in [4.78, 5) is 28.2. The fourth-order valence-electron chi connectivity index (χ4n) is 5.29. The predicted octanol–water partition coefficient (Wildman–Crippen LogP) is 3.14. The minimum absolute atomic E-state index is 0.0548. The van der Waals surface area contributed by atoms with Gasteiger partial charge in [0.2, 0.25) is 5.91 Å². The molecule has 5 atom stereocenters. The van der Waals surface area contributed by atoms with E-state index in [1.807, 2.05) is 18.2 Å². The first-order chi connectivity index (χ1) is 15.6. The van der Waals surface area contributed by atoms with Gasteiger partial charge in [-0.2, -0.15) is 0 Å². The number of carboxylic acids is 1. The van der Waals surface area contributed by atoms with Crippen LogP contribution in [0, 0.1) is 11.8 Å². The Balaban J connectivity index is 1.44. The molecule has 0 saturated carbocycles. The third-order valence-electron chi connectivity index (χ3n) is 6.95. The number of ether oxygens (including phenoxy) is 2. The molecule has 2 N–H and O–H groups in total. The van der Waals surface area contributed by atoms with Crippen molar-refractivity contribution in [2.75, 3.05) is 13.2 Å². The van der Waals surface area contributed by atoms with Crippen molar-refractivity contribution in [1.29, 1.82) is 0 Å². The molecule has 1 unspecified atom stereocenters. The summed E-state index contributed by atoms with van der Waals surface area (Å²) >= 11 is 0. The first-order valence-electron chi connectivity index (χ1n) is 12.0. The summed E-state index contributed by atoms with van der Waals surface area (Å²) < 4.78 is 12.2. The van der Waals surface area contributed by atoms with Gasteiger partial charge in [0.25, 0.3) is 0 Å². The van der Waals surface area contributed by atoms with Crippen molar-refractivity contribution in [3.05, 3.63) is 35.4 Å². The molecule has 32 heavy (non-hydrogen) atoms. The lowest BCUT2D eigenvalue weighted by Crippen LogP contribution is -2.35. The van der Waals surface area contributed by atoms with Gasteiger partial charge in [-0.3, -0.25) is 9.59 Å². The molecule has 1 amide bonds. The number of aliphatic imine (C=N–C) groups is 1. The van der Waals surface area contributed by atoms with E-state index < -0.39 is 12.0 Å². The van der Waals surface area contributed by atoms with Gasteiger partial charge in [-0.15, -0.1) is 0 Å². The minimum atomic E-state index is -0.784. The molecule has 3 aliphatic heterocycles. The molecule has 7 nitrogen and oxygen atoms in total. The number of aryl methyl sites for hydroxylation is 1. The van der Waals surface area contributed by atoms with Crippen molar-refractivity contribution in [1.82, 2.24) is 5.32 Å². The number of carbonyl (C=O) groups is 2. The molecule has 174 valence electrons. The first-order valence-corrected chi connectivity index (χ1v) is 12.0. The Morgan fingerprint density at radius 2 is 1.94 bits per heavy atom. The molecule has 2 bridgehead atoms. The summed E-state index contributed by atoms with van der Waals surface area (Å²) in [6, 6.07) is 7.59. The molecule has 3 aliphatic rings. The molecule has 4 rings (SSSR count). The van der Waals surface area contributed by atoms with E-state index >= 15 is 0 Å². The van der Waals surface area contributed by atoms with Gasteiger partial charge in [-0.1, -0.05) is 44.0 Å². The van der Waals surface area contributed by atoms with Crippen molar-refractivity contribution in [2.45, 2.75) is 76.5 Å². The number of nitrogens with one attached hydrogen (secondary N) is 1. The normalized spacial score (nSPS) is 28.4. The second-order valence-electron chi connectivity index (χ2n) is 9.14. The highest BCUT2D eigenvalue weighted by Gasteiger charge is 2.52. The van der Waals surface area contributed by atoms with E-state index in [2.05, 4.69) is 23.3 Å². The number of hydrogen-bond donors (Lipinski definition) is 2. The van der Waals surface area contributed by atoms with Gasteiger partial charge < -0.3 is 19.9 Å². The Morgan fingerprint density at radius 3 is 2.72 bits per heavy atom. The van der Waals surface area contributed by atoms with Gasteiger partial charge in [-0.25, -0.2) is 4.99 Å². The number of rotatable bonds is 11. The Kier molecular flexibility index (Phi) is 7.45. The maximum Gasteiger partial charge on any atom is 0.303 e. The third-order valence-corrected chi connectivity index (χ3v) is 6.95. The number of carboxylic acid groups (broad SMARTS) is 1. The Morgan fingerprint density at radius 1 is 1.16 bits per heavy atom. The van der Waals surface area contributed by atoms with Crippen LogP contribution in [-0.4, -0.2) is 54.3 Å². The number of aliphatic carboxylic acids is 1. The number of benzene rings is 1. The monoisotopic (exact) mass is 442 g/mol. The number of amides is 1. The molecule has 0 spiro atoms. The zero-order chi connectivity index (χ0) is 22.5. The van der Waals surface area contributed by atoms with E-state index in [-0.39, 0.29) is 36.4 Å². The van der Waals surface area contributed by atoms with E-state index in [4.69, 9.17) is 14.6 Å². The second-order valence-corrected chi connectivity index (χ2v) is 9.14. The topological polar surface area (TPSA) is 97.2 Å². The SMILES string of the molecule is CCCCCNC(=O)C1COC([C@H]2[C@@H](Cc3ccccc3CCC(=O)O)[C@@H]3CC[C@H]2O3)=N1. The van der Waals surface area contributed by atoms with Crippen molar-refractivity contribution in [3.63, 3.8) is 0 Å². The van der Waals surface area contributed by atoms with Crippen molar-refractivity contribution in [3.8, 4) is 0 Å². The number of carbonyl (C=O) groups excluding carboxylic acids is 1. The standard InChI is InChI=1S/C25H34N2O5/c1-2-3-6-13-26-24(30)19-15-31-25(27-19)23-18(20-10-11-21(23)32-20)14-17-8-5-4-7-16(17)9-12-22(28)29/h4-5,7-8,18-21,23H,2-3,6,9-15H2,1H3,(H,26,30)(H,28,29)/t18-,19?,20-,21+,23-/m0/s1. The molecule has 1 aromatic carbocycles. The molecule has 0 radical (unpaired) electrons. The minimum Gasteiger partial charge on any atom is -0.481 e. The number of fused-ring (bicyclic) bond motifs is 2. The quantitative estimate of drug-likeness (QED) is 0.513. The molecule has 7 heteroatoms. The van der Waals surface area contributed by atoms with E-state index in [0.29, 0.717) is 25.5 Å². The van der Waals surface area contributed by atoms with Crippen LogP contribution in [0.4, 0.5) is 0 Å². The lowest BCUT2D eigenvalue weighted by atomic mass is 9.75. The van der Waals surface area contributed by atoms with Gasteiger partial charge >= 0.3 is 5.97 Å². The van der Waals surface area contributed by atoms with Crippen molar-refractivity contribution in [2.24, 2.45) is 16.8 Å². The zero-order valence-corrected chi connectivity index (χ0v) is 18.8. The van der Waals surface area contributed by atoms with Gasteiger partial charge in [0, 0.05) is 18.9 Å². The summed E-state index contributed by atoms with van der Waals surface area (Å²) in [6.45, 7) is 3.12. The Bertz CT molecular complexity index is 854. The van der Waals surface area contributed by atoms with Crippen LogP contribution in [0.1, 0.15) is 56.6 Å². The highest BCUT2D eigenvalue weighted by Crippen LogP contribution is 2.46. The van der Waals surface area contributed by atoms with Gasteiger partial charge in [0.05, 0.1) is 18.1 Å². The maximum atomic E-state index is 12.5. The molecule has 1 aromatic rings. The zero-order valence-electron chi connectivity index (χ0n) is 18.8. The van der Waals surface area contributed by atoms with Gasteiger partial charge in [-0.05, 0) is 43.2 Å². The maximum absolute atomic E-state index is 12.5. The summed E-state index contributed by atoms with van der Waals surface area (Å²) in [5, 5.41) is 12.1. The van der Waals surface area contributed by atoms with Crippen LogP contribution in [0.15, 0.2) is 29.3 Å². The van der Waals surface area contributed by atoms with Crippen LogP contribution in [0.5, 0.6) is 0 Å². The number of nitrogens with zero attached hydrogens (tertiary/aromatic N) is 1. The summed E-state index contributed by atoms with van der Waals surface area (Å²) in [5.74, 6) is 0.104. The van der Waals surface area contributed by atoms with Crippen LogP contribution in [-0.2, 0) is 31.9 Å². The van der Waals surface area contributed by atoms with E-state index in [9.17, 15) is 9.59 Å². The average molecular weight is 443 g/mol. The highest BCUT2D eigenvalue weighted by atomic mass is 16.5.